The van der Waals surface area contributed by atoms with Gasteiger partial charge in [-0.15, -0.1) is 0 Å². The Hall–Kier alpha value is -2.73. The summed E-state index contributed by atoms with van der Waals surface area (Å²) in [6.07, 6.45) is 0.824. The van der Waals surface area contributed by atoms with Crippen LogP contribution in [0.2, 0.25) is 0 Å². The van der Waals surface area contributed by atoms with E-state index in [1.807, 2.05) is 30.3 Å². The Morgan fingerprint density at radius 1 is 1.07 bits per heavy atom. The van der Waals surface area contributed by atoms with Crippen LogP contribution in [0.15, 0.2) is 54.6 Å². The zero-order valence-corrected chi connectivity index (χ0v) is 15.1. The number of hydrogen-bond donors (Lipinski definition) is 1. The first-order valence-corrected chi connectivity index (χ1v) is 9.07. The zero-order valence-electron chi connectivity index (χ0n) is 15.1. The number of hydrogen-bond acceptors (Lipinski definition) is 3. The second-order valence-corrected chi connectivity index (χ2v) is 6.78. The average molecular weight is 370 g/mol. The molecule has 0 aliphatic carbocycles. The van der Waals surface area contributed by atoms with Crippen LogP contribution in [0.1, 0.15) is 22.3 Å². The van der Waals surface area contributed by atoms with E-state index in [2.05, 4.69) is 0 Å². The highest BCUT2D eigenvalue weighted by atomic mass is 19.1. The lowest BCUT2D eigenvalue weighted by Gasteiger charge is -2.21. The Balaban J connectivity index is 1.59. The van der Waals surface area contributed by atoms with Crippen molar-refractivity contribution in [1.29, 1.82) is 0 Å². The van der Waals surface area contributed by atoms with Gasteiger partial charge < -0.3 is 14.9 Å². The van der Waals surface area contributed by atoms with E-state index in [0.29, 0.717) is 12.1 Å². The molecule has 0 spiro atoms. The molecule has 5 nitrogen and oxygen atoms in total. The van der Waals surface area contributed by atoms with Crippen LogP contribution in [-0.4, -0.2) is 59.0 Å². The number of halogens is 1. The monoisotopic (exact) mass is 370 g/mol. The van der Waals surface area contributed by atoms with Crippen LogP contribution >= 0.6 is 0 Å². The van der Waals surface area contributed by atoms with Gasteiger partial charge >= 0.3 is 0 Å². The van der Waals surface area contributed by atoms with E-state index in [1.54, 1.807) is 4.90 Å². The van der Waals surface area contributed by atoms with Crippen LogP contribution in [0.25, 0.3) is 0 Å². The highest BCUT2D eigenvalue weighted by Crippen LogP contribution is 2.13. The summed E-state index contributed by atoms with van der Waals surface area (Å²) in [4.78, 5) is 28.1. The highest BCUT2D eigenvalue weighted by molar-refractivity contribution is 5.96. The first-order valence-electron chi connectivity index (χ1n) is 9.07. The van der Waals surface area contributed by atoms with Crippen molar-refractivity contribution in [3.05, 3.63) is 71.5 Å². The zero-order chi connectivity index (χ0) is 19.2. The second kappa shape index (κ2) is 8.77. The molecule has 6 heteroatoms. The van der Waals surface area contributed by atoms with E-state index in [9.17, 15) is 19.1 Å². The molecule has 2 aromatic rings. The normalized spacial score (nSPS) is 17.7. The van der Waals surface area contributed by atoms with Crippen molar-refractivity contribution in [2.24, 2.45) is 0 Å². The van der Waals surface area contributed by atoms with Crippen LogP contribution < -0.4 is 0 Å². The lowest BCUT2D eigenvalue weighted by molar-refractivity contribution is -0.131. The largest absolute Gasteiger partial charge is 0.389 e. The lowest BCUT2D eigenvalue weighted by Crippen LogP contribution is -2.39. The summed E-state index contributed by atoms with van der Waals surface area (Å²) in [6, 6.07) is 15.2. The third-order valence-corrected chi connectivity index (χ3v) is 4.66. The van der Waals surface area contributed by atoms with Crippen LogP contribution in [0.4, 0.5) is 4.39 Å². The third kappa shape index (κ3) is 5.14. The number of carbonyl (C=O) groups is 2. The van der Waals surface area contributed by atoms with Crippen molar-refractivity contribution >= 4 is 11.8 Å². The molecule has 1 fully saturated rings. The van der Waals surface area contributed by atoms with Gasteiger partial charge in [-0.05, 0) is 42.7 Å². The summed E-state index contributed by atoms with van der Waals surface area (Å²) in [5, 5.41) is 10.3. The Morgan fingerprint density at radius 2 is 1.78 bits per heavy atom. The molecular formula is C21H23FN2O3. The maximum atomic E-state index is 13.0. The maximum absolute atomic E-state index is 13.0. The van der Waals surface area contributed by atoms with E-state index in [4.69, 9.17) is 0 Å². The van der Waals surface area contributed by atoms with Crippen LogP contribution in [0, 0.1) is 5.82 Å². The fourth-order valence-electron chi connectivity index (χ4n) is 3.26. The first-order chi connectivity index (χ1) is 13.0. The van der Waals surface area contributed by atoms with Crippen molar-refractivity contribution < 1.29 is 19.1 Å². The van der Waals surface area contributed by atoms with Crippen LogP contribution in [0.3, 0.4) is 0 Å². The minimum atomic E-state index is -0.808. The van der Waals surface area contributed by atoms with Crippen molar-refractivity contribution in [2.45, 2.75) is 18.9 Å². The number of benzene rings is 2. The number of rotatable bonds is 5. The molecule has 3 rings (SSSR count). The molecular weight excluding hydrogens is 347 g/mol. The Morgan fingerprint density at radius 3 is 2.48 bits per heavy atom. The van der Waals surface area contributed by atoms with Gasteiger partial charge in [0.2, 0.25) is 5.91 Å². The minimum Gasteiger partial charge on any atom is -0.389 e. The van der Waals surface area contributed by atoms with E-state index in [1.165, 1.54) is 34.7 Å². The second-order valence-electron chi connectivity index (χ2n) is 6.78. The Kier molecular flexibility index (Phi) is 6.19. The average Bonchev–Trinajstić information content (AvgIpc) is 2.81. The number of aliphatic hydroxyl groups excluding tert-OH is 1. The van der Waals surface area contributed by atoms with E-state index >= 15 is 0 Å². The number of carbonyl (C=O) groups excluding carboxylic acids is 2. The SMILES string of the molecule is O=C1CN(C(=O)c2ccc(F)cc2)CC(O)CN1CCCc1ccccc1. The predicted octanol–water partition coefficient (Wildman–Crippen LogP) is 2.10. The summed E-state index contributed by atoms with van der Waals surface area (Å²) in [7, 11) is 0. The molecule has 0 saturated carbocycles. The maximum Gasteiger partial charge on any atom is 0.254 e. The molecule has 142 valence electrons. The molecule has 27 heavy (non-hydrogen) atoms. The number of aryl methyl sites for hydroxylation is 1. The van der Waals surface area contributed by atoms with Crippen molar-refractivity contribution in [3.63, 3.8) is 0 Å². The molecule has 2 aromatic carbocycles. The molecule has 1 N–H and O–H groups in total. The van der Waals surface area contributed by atoms with Crippen molar-refractivity contribution in [1.82, 2.24) is 9.80 Å². The molecule has 0 radical (unpaired) electrons. The summed E-state index contributed by atoms with van der Waals surface area (Å²) in [5.41, 5.74) is 1.50. The van der Waals surface area contributed by atoms with Gasteiger partial charge in [0.05, 0.1) is 6.10 Å². The molecule has 1 atom stereocenters. The predicted molar refractivity (Wildman–Crippen MR) is 99.7 cm³/mol. The summed E-state index contributed by atoms with van der Waals surface area (Å²) in [6.45, 7) is 0.736. The van der Waals surface area contributed by atoms with Crippen LogP contribution in [0.5, 0.6) is 0 Å². The molecule has 1 aliphatic rings. The van der Waals surface area contributed by atoms with Gasteiger partial charge in [-0.25, -0.2) is 4.39 Å². The highest BCUT2D eigenvalue weighted by Gasteiger charge is 2.29. The Labute approximate surface area is 158 Å². The van der Waals surface area contributed by atoms with Crippen molar-refractivity contribution in [2.75, 3.05) is 26.2 Å². The fraction of sp³-hybridized carbons (Fsp3) is 0.333. The third-order valence-electron chi connectivity index (χ3n) is 4.66. The Bertz CT molecular complexity index is 780. The van der Waals surface area contributed by atoms with Gasteiger partial charge in [-0.3, -0.25) is 9.59 Å². The van der Waals surface area contributed by atoms with Gasteiger partial charge in [-0.2, -0.15) is 0 Å². The molecule has 1 saturated heterocycles. The molecule has 1 aliphatic heterocycles. The summed E-state index contributed by atoms with van der Waals surface area (Å²) in [5.74, 6) is -0.994. The van der Waals surface area contributed by atoms with Crippen LogP contribution in [-0.2, 0) is 11.2 Å². The number of nitrogens with zero attached hydrogens (tertiary/aromatic N) is 2. The molecule has 1 heterocycles. The number of aliphatic hydroxyl groups is 1. The van der Waals surface area contributed by atoms with Gasteiger partial charge in [0.1, 0.15) is 12.4 Å². The van der Waals surface area contributed by atoms with E-state index < -0.39 is 11.9 Å². The minimum absolute atomic E-state index is 0.0805. The quantitative estimate of drug-likeness (QED) is 0.877. The van der Waals surface area contributed by atoms with E-state index in [-0.39, 0.29) is 31.4 Å². The molecule has 0 aromatic heterocycles. The summed E-state index contributed by atoms with van der Waals surface area (Å²) < 4.78 is 13.0. The topological polar surface area (TPSA) is 60.9 Å². The lowest BCUT2D eigenvalue weighted by atomic mass is 10.1. The number of amides is 2. The summed E-state index contributed by atoms with van der Waals surface area (Å²) >= 11 is 0. The first kappa shape index (κ1) is 19.0. The van der Waals surface area contributed by atoms with Crippen molar-refractivity contribution in [3.8, 4) is 0 Å². The van der Waals surface area contributed by atoms with Gasteiger partial charge in [-0.1, -0.05) is 30.3 Å². The molecule has 0 bridgehead atoms. The van der Waals surface area contributed by atoms with Gasteiger partial charge in [0.25, 0.3) is 5.91 Å². The van der Waals surface area contributed by atoms with Gasteiger partial charge in [0.15, 0.2) is 0 Å². The van der Waals surface area contributed by atoms with E-state index in [0.717, 1.165) is 12.8 Å². The molecule has 2 amide bonds. The smallest absolute Gasteiger partial charge is 0.254 e. The molecule has 1 unspecified atom stereocenters. The standard InChI is InChI=1S/C21H23FN2O3/c22-18-10-8-17(9-11-18)21(27)24-14-19(25)13-23(20(26)15-24)12-4-7-16-5-2-1-3-6-16/h1-3,5-6,8-11,19,25H,4,7,12-15H2. The fourth-order valence-corrected chi connectivity index (χ4v) is 3.26. The number of β-amino-alcohol motifs (C(OH)–C–C–N with tert-alkyl or cyclic N) is 1. The van der Waals surface area contributed by atoms with Gasteiger partial charge in [0, 0.05) is 25.2 Å².